The lowest BCUT2D eigenvalue weighted by atomic mass is 10.0. The second-order valence-corrected chi connectivity index (χ2v) is 13.0. The minimum absolute atomic E-state index is 0.173. The Morgan fingerprint density at radius 2 is 1.62 bits per heavy atom. The number of sulfonamides is 1. The molecule has 5 rings (SSSR count). The smallest absolute Gasteiger partial charge is 0.260 e. The van der Waals surface area contributed by atoms with Gasteiger partial charge in [-0.25, -0.2) is 13.4 Å². The van der Waals surface area contributed by atoms with E-state index >= 15 is 0 Å². The van der Waals surface area contributed by atoms with E-state index < -0.39 is 10.0 Å². The van der Waals surface area contributed by atoms with Gasteiger partial charge in [-0.15, -0.1) is 0 Å². The first-order valence-corrected chi connectivity index (χ1v) is 16.3. The van der Waals surface area contributed by atoms with Crippen molar-refractivity contribution in [3.05, 3.63) is 77.4 Å². The summed E-state index contributed by atoms with van der Waals surface area (Å²) in [6.07, 6.45) is 0.674. The number of likely N-dealkylation sites (N-methyl/N-ethyl adjacent to an activating group) is 1. The highest BCUT2D eigenvalue weighted by molar-refractivity contribution is 7.89. The lowest BCUT2D eigenvalue weighted by Gasteiger charge is -2.28. The molecule has 1 aliphatic heterocycles. The summed E-state index contributed by atoms with van der Waals surface area (Å²) in [6, 6.07) is 17.8. The van der Waals surface area contributed by atoms with Crippen LogP contribution in [0.2, 0.25) is 0 Å². The first kappa shape index (κ1) is 30.0. The normalized spacial score (nSPS) is 13.7. The van der Waals surface area contributed by atoms with Gasteiger partial charge in [-0.3, -0.25) is 9.69 Å². The highest BCUT2D eigenvalue weighted by Gasteiger charge is 2.29. The minimum Gasteiger partial charge on any atom is -0.493 e. The van der Waals surface area contributed by atoms with E-state index in [4.69, 9.17) is 14.5 Å². The Balaban J connectivity index is 1.42. The SMILES string of the molecule is CCN(CC)CCN(C(=O)c1ccc(S(=O)(=O)N2CCc3ccccc3C2)cc1)c1nc2cc(OC)c(OC)cc2s1. The van der Waals surface area contributed by atoms with Crippen LogP contribution in [0.3, 0.4) is 0 Å². The number of hydrogen-bond acceptors (Lipinski definition) is 8. The average molecular weight is 609 g/mol. The molecule has 0 aliphatic carbocycles. The van der Waals surface area contributed by atoms with Gasteiger partial charge in [-0.1, -0.05) is 49.4 Å². The maximum absolute atomic E-state index is 13.9. The fraction of sp³-hybridized carbons (Fsp3) is 0.355. The molecular weight excluding hydrogens is 572 g/mol. The van der Waals surface area contributed by atoms with Crippen LogP contribution in [0.5, 0.6) is 11.5 Å². The number of fused-ring (bicyclic) bond motifs is 2. The van der Waals surface area contributed by atoms with E-state index in [1.165, 1.54) is 33.3 Å². The molecule has 42 heavy (non-hydrogen) atoms. The van der Waals surface area contributed by atoms with Crippen molar-refractivity contribution >= 4 is 42.6 Å². The summed E-state index contributed by atoms with van der Waals surface area (Å²) in [5.41, 5.74) is 3.31. The van der Waals surface area contributed by atoms with E-state index in [1.54, 1.807) is 37.3 Å². The molecule has 0 radical (unpaired) electrons. The zero-order chi connectivity index (χ0) is 29.9. The summed E-state index contributed by atoms with van der Waals surface area (Å²) in [6.45, 7) is 7.77. The molecular formula is C31H36N4O5S2. The third-order valence-corrected chi connectivity index (χ3v) is 10.6. The number of methoxy groups -OCH3 is 2. The van der Waals surface area contributed by atoms with Gasteiger partial charge in [-0.05, 0) is 54.9 Å². The van der Waals surface area contributed by atoms with Gasteiger partial charge in [0.25, 0.3) is 5.91 Å². The number of rotatable bonds is 11. The summed E-state index contributed by atoms with van der Waals surface area (Å²) in [4.78, 5) is 22.8. The molecule has 0 unspecified atom stereocenters. The van der Waals surface area contributed by atoms with Crippen LogP contribution in [0.25, 0.3) is 10.2 Å². The van der Waals surface area contributed by atoms with Gasteiger partial charge in [0.2, 0.25) is 10.0 Å². The van der Waals surface area contributed by atoms with E-state index in [-0.39, 0.29) is 10.8 Å². The van der Waals surface area contributed by atoms with Gasteiger partial charge in [0.05, 0.1) is 29.3 Å². The zero-order valence-electron chi connectivity index (χ0n) is 24.4. The highest BCUT2D eigenvalue weighted by Crippen LogP contribution is 2.37. The van der Waals surface area contributed by atoms with Crippen molar-refractivity contribution in [3.8, 4) is 11.5 Å². The number of nitrogens with zero attached hydrogens (tertiary/aromatic N) is 4. The van der Waals surface area contributed by atoms with Crippen LogP contribution in [0.4, 0.5) is 5.13 Å². The molecule has 1 aliphatic rings. The minimum atomic E-state index is -3.71. The van der Waals surface area contributed by atoms with Gasteiger partial charge in [0.15, 0.2) is 16.6 Å². The molecule has 0 bridgehead atoms. The third-order valence-electron chi connectivity index (χ3n) is 7.73. The molecule has 4 aromatic rings. The van der Waals surface area contributed by atoms with Crippen molar-refractivity contribution in [3.63, 3.8) is 0 Å². The van der Waals surface area contributed by atoms with Crippen molar-refractivity contribution in [1.29, 1.82) is 0 Å². The van der Waals surface area contributed by atoms with Crippen LogP contribution in [0, 0.1) is 0 Å². The number of carbonyl (C=O) groups excluding carboxylic acids is 1. The van der Waals surface area contributed by atoms with Crippen LogP contribution in [0.15, 0.2) is 65.6 Å². The Kier molecular flexibility index (Phi) is 9.12. The topological polar surface area (TPSA) is 92.3 Å². The van der Waals surface area contributed by atoms with Gasteiger partial charge < -0.3 is 14.4 Å². The number of benzene rings is 3. The predicted octanol–water partition coefficient (Wildman–Crippen LogP) is 5.05. The molecule has 0 N–H and O–H groups in total. The number of amides is 1. The number of thiazole rings is 1. The van der Waals surface area contributed by atoms with Crippen molar-refractivity contribution < 1.29 is 22.7 Å². The first-order chi connectivity index (χ1) is 20.3. The molecule has 1 amide bonds. The molecule has 2 heterocycles. The number of carbonyl (C=O) groups is 1. The van der Waals surface area contributed by atoms with Crippen molar-refractivity contribution in [2.24, 2.45) is 0 Å². The van der Waals surface area contributed by atoms with Crippen molar-refractivity contribution in [2.45, 2.75) is 31.7 Å². The monoisotopic (exact) mass is 608 g/mol. The summed E-state index contributed by atoms with van der Waals surface area (Å²) in [5, 5.41) is 0.557. The lowest BCUT2D eigenvalue weighted by molar-refractivity contribution is 0.0983. The Morgan fingerprint density at radius 3 is 2.29 bits per heavy atom. The lowest BCUT2D eigenvalue weighted by Crippen LogP contribution is -2.39. The van der Waals surface area contributed by atoms with E-state index in [2.05, 4.69) is 18.7 Å². The molecule has 0 saturated carbocycles. The largest absolute Gasteiger partial charge is 0.493 e. The summed E-state index contributed by atoms with van der Waals surface area (Å²) in [7, 11) is -0.553. The van der Waals surface area contributed by atoms with E-state index in [9.17, 15) is 13.2 Å². The molecule has 0 atom stereocenters. The fourth-order valence-electron chi connectivity index (χ4n) is 5.17. The Morgan fingerprint density at radius 1 is 0.952 bits per heavy atom. The van der Waals surface area contributed by atoms with Gasteiger partial charge in [-0.2, -0.15) is 4.31 Å². The maximum atomic E-state index is 13.9. The third kappa shape index (κ3) is 6.00. The first-order valence-electron chi connectivity index (χ1n) is 14.0. The number of anilines is 1. The number of ether oxygens (including phenoxy) is 2. The second-order valence-electron chi connectivity index (χ2n) is 10.0. The van der Waals surface area contributed by atoms with Crippen LogP contribution in [0.1, 0.15) is 35.3 Å². The molecule has 0 fully saturated rings. The standard InChI is InChI=1S/C31H36N4O5S2/c1-5-33(6-2)17-18-35(31-32-26-19-27(39-3)28(40-4)20-29(26)41-31)30(36)23-11-13-25(14-12-23)42(37,38)34-16-15-22-9-7-8-10-24(22)21-34/h7-14,19-20H,5-6,15-18,21H2,1-4H3. The Bertz CT molecular complexity index is 1630. The Labute approximate surface area is 251 Å². The quantitative estimate of drug-likeness (QED) is 0.235. The van der Waals surface area contributed by atoms with Gasteiger partial charge in [0, 0.05) is 43.9 Å². The van der Waals surface area contributed by atoms with Crippen molar-refractivity contribution in [1.82, 2.24) is 14.2 Å². The average Bonchev–Trinajstić information content (AvgIpc) is 3.44. The molecule has 0 spiro atoms. The molecule has 222 valence electrons. The second kappa shape index (κ2) is 12.8. The highest BCUT2D eigenvalue weighted by atomic mass is 32.2. The van der Waals surface area contributed by atoms with Gasteiger partial charge in [0.1, 0.15) is 0 Å². The van der Waals surface area contributed by atoms with Crippen LogP contribution >= 0.6 is 11.3 Å². The van der Waals surface area contributed by atoms with E-state index in [0.29, 0.717) is 60.3 Å². The number of aromatic nitrogens is 1. The molecule has 1 aromatic heterocycles. The summed E-state index contributed by atoms with van der Waals surface area (Å²) >= 11 is 1.40. The summed E-state index contributed by atoms with van der Waals surface area (Å²) in [5.74, 6) is 0.919. The molecule has 3 aromatic carbocycles. The van der Waals surface area contributed by atoms with Crippen LogP contribution in [-0.2, 0) is 23.0 Å². The zero-order valence-corrected chi connectivity index (χ0v) is 26.0. The van der Waals surface area contributed by atoms with Crippen LogP contribution in [-0.4, -0.2) is 75.5 Å². The Hall–Kier alpha value is -3.51. The number of hydrogen-bond donors (Lipinski definition) is 0. The van der Waals surface area contributed by atoms with E-state index in [1.807, 2.05) is 30.3 Å². The molecule has 9 nitrogen and oxygen atoms in total. The predicted molar refractivity (Wildman–Crippen MR) is 166 cm³/mol. The molecule has 11 heteroatoms. The van der Waals surface area contributed by atoms with E-state index in [0.717, 1.165) is 23.4 Å². The van der Waals surface area contributed by atoms with Crippen molar-refractivity contribution in [2.75, 3.05) is 51.8 Å². The van der Waals surface area contributed by atoms with Crippen LogP contribution < -0.4 is 14.4 Å². The fourth-order valence-corrected chi connectivity index (χ4v) is 7.59. The molecule has 0 saturated heterocycles. The summed E-state index contributed by atoms with van der Waals surface area (Å²) < 4.78 is 40.2. The maximum Gasteiger partial charge on any atom is 0.260 e. The van der Waals surface area contributed by atoms with Gasteiger partial charge >= 0.3 is 0 Å².